The highest BCUT2D eigenvalue weighted by molar-refractivity contribution is 9.10. The smallest absolute Gasteiger partial charge is 0.280 e. The second-order valence-electron chi connectivity index (χ2n) is 6.59. The molecule has 6 nitrogen and oxygen atoms in total. The van der Waals surface area contributed by atoms with E-state index < -0.39 is 0 Å². The Hall–Kier alpha value is -3.32. The summed E-state index contributed by atoms with van der Waals surface area (Å²) in [4.78, 5) is 18.1. The first-order chi connectivity index (χ1) is 14.6. The molecule has 0 atom stereocenters. The van der Waals surface area contributed by atoms with E-state index in [1.165, 1.54) is 4.68 Å². The van der Waals surface area contributed by atoms with E-state index in [1.807, 2.05) is 54.6 Å². The van der Waals surface area contributed by atoms with Crippen LogP contribution in [0.5, 0.6) is 11.5 Å². The number of methoxy groups -OCH3 is 2. The van der Waals surface area contributed by atoms with Gasteiger partial charge in [0.25, 0.3) is 5.56 Å². The molecule has 1 heterocycles. The first-order valence-electron chi connectivity index (χ1n) is 9.34. The highest BCUT2D eigenvalue weighted by Gasteiger charge is 2.15. The van der Waals surface area contributed by atoms with Gasteiger partial charge in [0.1, 0.15) is 0 Å². The fourth-order valence-electron chi connectivity index (χ4n) is 3.25. The first kappa shape index (κ1) is 20.0. The van der Waals surface area contributed by atoms with E-state index in [1.54, 1.807) is 26.4 Å². The minimum Gasteiger partial charge on any atom is -0.493 e. The summed E-state index contributed by atoms with van der Waals surface area (Å²) in [5.74, 6) is 1.67. The first-order valence-corrected chi connectivity index (χ1v) is 10.1. The second kappa shape index (κ2) is 8.59. The number of halogens is 1. The van der Waals surface area contributed by atoms with Crippen LogP contribution in [0.3, 0.4) is 0 Å². The van der Waals surface area contributed by atoms with Crippen molar-refractivity contribution in [2.45, 2.75) is 6.54 Å². The number of rotatable bonds is 6. The van der Waals surface area contributed by atoms with E-state index in [4.69, 9.17) is 14.5 Å². The predicted molar refractivity (Wildman–Crippen MR) is 122 cm³/mol. The lowest BCUT2D eigenvalue weighted by atomic mass is 10.1. The Bertz CT molecular complexity index is 1270. The van der Waals surface area contributed by atoms with Gasteiger partial charge in [0.2, 0.25) is 0 Å². The molecule has 0 bridgehead atoms. The average molecular weight is 466 g/mol. The third-order valence-corrected chi connectivity index (χ3v) is 5.58. The van der Waals surface area contributed by atoms with Crippen LogP contribution in [0, 0.1) is 0 Å². The number of fused-ring (bicyclic) bond motifs is 1. The number of ether oxygens (including phenoxy) is 2. The molecule has 0 aliphatic carbocycles. The molecule has 152 valence electrons. The summed E-state index contributed by atoms with van der Waals surface area (Å²) >= 11 is 3.55. The normalized spacial score (nSPS) is 10.8. The minimum absolute atomic E-state index is 0.169. The molecule has 0 aliphatic rings. The maximum atomic E-state index is 13.3. The van der Waals surface area contributed by atoms with Crippen LogP contribution >= 0.6 is 15.9 Å². The molecule has 30 heavy (non-hydrogen) atoms. The summed E-state index contributed by atoms with van der Waals surface area (Å²) in [5.41, 5.74) is 5.45. The Kier molecular flexibility index (Phi) is 5.72. The second-order valence-corrected chi connectivity index (χ2v) is 7.44. The Morgan fingerprint density at radius 2 is 1.70 bits per heavy atom. The highest BCUT2D eigenvalue weighted by Crippen LogP contribution is 2.31. The zero-order valence-electron chi connectivity index (χ0n) is 16.6. The van der Waals surface area contributed by atoms with Crippen molar-refractivity contribution in [2.24, 2.45) is 0 Å². The third kappa shape index (κ3) is 3.76. The van der Waals surface area contributed by atoms with E-state index in [0.717, 1.165) is 15.6 Å². The van der Waals surface area contributed by atoms with Crippen LogP contribution in [-0.4, -0.2) is 23.9 Å². The molecule has 1 N–H and O–H groups in total. The fraction of sp³-hybridized carbons (Fsp3) is 0.130. The van der Waals surface area contributed by atoms with Crippen LogP contribution < -0.4 is 20.5 Å². The Balaban J connectivity index is 1.86. The van der Waals surface area contributed by atoms with Gasteiger partial charge in [0.15, 0.2) is 17.3 Å². The van der Waals surface area contributed by atoms with E-state index in [9.17, 15) is 4.79 Å². The van der Waals surface area contributed by atoms with E-state index in [-0.39, 0.29) is 5.56 Å². The number of hydrogen-bond acceptors (Lipinski definition) is 5. The summed E-state index contributed by atoms with van der Waals surface area (Å²) in [5, 5.41) is 0.543. The van der Waals surface area contributed by atoms with Crippen molar-refractivity contribution >= 4 is 26.8 Å². The zero-order chi connectivity index (χ0) is 21.1. The molecular formula is C23H20BrN3O3. The van der Waals surface area contributed by atoms with Crippen molar-refractivity contribution in [3.63, 3.8) is 0 Å². The van der Waals surface area contributed by atoms with Gasteiger partial charge < -0.3 is 14.9 Å². The molecule has 7 heteroatoms. The number of hydrogen-bond donors (Lipinski definition) is 1. The summed E-state index contributed by atoms with van der Waals surface area (Å²) < 4.78 is 13.2. The number of nitrogens with zero attached hydrogens (tertiary/aromatic N) is 2. The SMILES string of the molecule is COc1ccc(-c2nc3ccccc3c(=O)n2NCc2ccccc2Br)cc1OC. The van der Waals surface area contributed by atoms with Crippen LogP contribution in [-0.2, 0) is 6.54 Å². The van der Waals surface area contributed by atoms with Crippen molar-refractivity contribution in [3.05, 3.63) is 87.1 Å². The maximum Gasteiger partial charge on any atom is 0.280 e. The number of para-hydroxylation sites is 1. The molecule has 0 fully saturated rings. The van der Waals surface area contributed by atoms with Gasteiger partial charge in [0, 0.05) is 10.0 Å². The van der Waals surface area contributed by atoms with Gasteiger partial charge in [0.05, 0.1) is 31.7 Å². The fourth-order valence-corrected chi connectivity index (χ4v) is 3.68. The summed E-state index contributed by atoms with van der Waals surface area (Å²) in [6.07, 6.45) is 0. The van der Waals surface area contributed by atoms with Gasteiger partial charge in [-0.15, -0.1) is 0 Å². The zero-order valence-corrected chi connectivity index (χ0v) is 18.1. The number of benzene rings is 3. The van der Waals surface area contributed by atoms with Crippen LogP contribution in [0.15, 0.2) is 76.0 Å². The predicted octanol–water partition coefficient (Wildman–Crippen LogP) is 4.59. The lowest BCUT2D eigenvalue weighted by Crippen LogP contribution is -2.31. The topological polar surface area (TPSA) is 65.4 Å². The van der Waals surface area contributed by atoms with Gasteiger partial charge in [-0.1, -0.05) is 46.3 Å². The van der Waals surface area contributed by atoms with Gasteiger partial charge in [-0.05, 0) is 42.0 Å². The van der Waals surface area contributed by atoms with E-state index in [0.29, 0.717) is 34.8 Å². The van der Waals surface area contributed by atoms with Crippen LogP contribution in [0.1, 0.15) is 5.56 Å². The molecule has 0 spiro atoms. The molecule has 4 rings (SSSR count). The van der Waals surface area contributed by atoms with Gasteiger partial charge in [-0.25, -0.2) is 9.66 Å². The van der Waals surface area contributed by atoms with Gasteiger partial charge in [-0.2, -0.15) is 0 Å². The summed E-state index contributed by atoms with van der Waals surface area (Å²) in [7, 11) is 3.16. The van der Waals surface area contributed by atoms with E-state index in [2.05, 4.69) is 21.4 Å². The molecule has 0 aliphatic heterocycles. The molecule has 0 amide bonds. The van der Waals surface area contributed by atoms with E-state index >= 15 is 0 Å². The molecule has 1 aromatic heterocycles. The molecule has 0 saturated heterocycles. The van der Waals surface area contributed by atoms with Crippen molar-refractivity contribution in [2.75, 3.05) is 19.6 Å². The third-order valence-electron chi connectivity index (χ3n) is 4.80. The Morgan fingerprint density at radius 3 is 2.47 bits per heavy atom. The quantitative estimate of drug-likeness (QED) is 0.451. The number of aromatic nitrogens is 2. The van der Waals surface area contributed by atoms with Crippen LogP contribution in [0.4, 0.5) is 0 Å². The maximum absolute atomic E-state index is 13.3. The standard InChI is InChI=1S/C23H20BrN3O3/c1-29-20-12-11-15(13-21(20)30-2)22-26-19-10-6-4-8-17(19)23(28)27(22)25-14-16-7-3-5-9-18(16)24/h3-13,25H,14H2,1-2H3. The van der Waals surface area contributed by atoms with Crippen LogP contribution in [0.2, 0.25) is 0 Å². The molecule has 0 radical (unpaired) electrons. The highest BCUT2D eigenvalue weighted by atomic mass is 79.9. The summed E-state index contributed by atoms with van der Waals surface area (Å²) in [6, 6.07) is 20.6. The van der Waals surface area contributed by atoms with Crippen molar-refractivity contribution in [3.8, 4) is 22.9 Å². The number of nitrogens with one attached hydrogen (secondary N) is 1. The van der Waals surface area contributed by atoms with Gasteiger partial charge >= 0.3 is 0 Å². The Morgan fingerprint density at radius 1 is 0.967 bits per heavy atom. The molecular weight excluding hydrogens is 446 g/mol. The largest absolute Gasteiger partial charge is 0.493 e. The molecule has 0 saturated carbocycles. The van der Waals surface area contributed by atoms with Crippen molar-refractivity contribution in [1.29, 1.82) is 0 Å². The van der Waals surface area contributed by atoms with Crippen molar-refractivity contribution in [1.82, 2.24) is 9.66 Å². The van der Waals surface area contributed by atoms with Crippen LogP contribution in [0.25, 0.3) is 22.3 Å². The minimum atomic E-state index is -0.169. The van der Waals surface area contributed by atoms with Gasteiger partial charge in [-0.3, -0.25) is 4.79 Å². The summed E-state index contributed by atoms with van der Waals surface area (Å²) in [6.45, 7) is 0.446. The average Bonchev–Trinajstić information content (AvgIpc) is 2.79. The monoisotopic (exact) mass is 465 g/mol. The Labute approximate surface area is 182 Å². The molecule has 3 aromatic carbocycles. The lowest BCUT2D eigenvalue weighted by Gasteiger charge is -2.17. The van der Waals surface area contributed by atoms with Crippen molar-refractivity contribution < 1.29 is 9.47 Å². The molecule has 4 aromatic rings. The molecule has 0 unspecified atom stereocenters. The lowest BCUT2D eigenvalue weighted by molar-refractivity contribution is 0.355.